The monoisotopic (exact) mass is 262 g/mol. The average Bonchev–Trinajstić information content (AvgIpc) is 2.56. The van der Waals surface area contributed by atoms with Crippen molar-refractivity contribution in [3.63, 3.8) is 0 Å². The van der Waals surface area contributed by atoms with Crippen LogP contribution in [0.3, 0.4) is 0 Å². The summed E-state index contributed by atoms with van der Waals surface area (Å²) in [4.78, 5) is 24.3. The number of carbonyl (C=O) groups is 2. The molecular formula is C14H18N2O3. The summed E-state index contributed by atoms with van der Waals surface area (Å²) in [7, 11) is 0. The minimum Gasteiger partial charge on any atom is -0.481 e. The number of nitrogens with one attached hydrogen (secondary N) is 1. The zero-order valence-electron chi connectivity index (χ0n) is 10.8. The molecule has 1 fully saturated rings. The Morgan fingerprint density at radius 2 is 2.00 bits per heavy atom. The Labute approximate surface area is 112 Å². The van der Waals surface area contributed by atoms with E-state index in [4.69, 9.17) is 5.11 Å². The fourth-order valence-electron chi connectivity index (χ4n) is 2.26. The molecule has 1 amide bonds. The van der Waals surface area contributed by atoms with Crippen LogP contribution < -0.4 is 5.32 Å². The van der Waals surface area contributed by atoms with E-state index in [2.05, 4.69) is 10.2 Å². The van der Waals surface area contributed by atoms with Gasteiger partial charge in [0.25, 0.3) is 0 Å². The lowest BCUT2D eigenvalue weighted by Gasteiger charge is -2.20. The number of hydrogen-bond donors (Lipinski definition) is 2. The highest BCUT2D eigenvalue weighted by molar-refractivity contribution is 5.76. The minimum absolute atomic E-state index is 0.0429. The molecule has 0 saturated carbocycles. The first kappa shape index (κ1) is 13.5. The van der Waals surface area contributed by atoms with Crippen LogP contribution in [0.25, 0.3) is 0 Å². The molecule has 0 aliphatic carbocycles. The van der Waals surface area contributed by atoms with E-state index in [0.29, 0.717) is 26.1 Å². The van der Waals surface area contributed by atoms with Gasteiger partial charge >= 0.3 is 5.97 Å². The van der Waals surface area contributed by atoms with Crippen LogP contribution in [0.5, 0.6) is 0 Å². The van der Waals surface area contributed by atoms with E-state index in [-0.39, 0.29) is 12.3 Å². The van der Waals surface area contributed by atoms with Gasteiger partial charge in [0.1, 0.15) is 0 Å². The number of carbonyl (C=O) groups excluding carboxylic acids is 1. The number of rotatable bonds is 4. The van der Waals surface area contributed by atoms with Gasteiger partial charge in [-0.1, -0.05) is 24.3 Å². The highest BCUT2D eigenvalue weighted by Gasteiger charge is 2.15. The van der Waals surface area contributed by atoms with Crippen molar-refractivity contribution in [2.45, 2.75) is 19.4 Å². The molecule has 1 aromatic rings. The van der Waals surface area contributed by atoms with Crippen molar-refractivity contribution in [1.29, 1.82) is 0 Å². The Hall–Kier alpha value is -1.88. The third kappa shape index (κ3) is 4.06. The topological polar surface area (TPSA) is 69.6 Å². The molecule has 0 bridgehead atoms. The van der Waals surface area contributed by atoms with Crippen LogP contribution in [-0.2, 0) is 22.6 Å². The Kier molecular flexibility index (Phi) is 4.52. The summed E-state index contributed by atoms with van der Waals surface area (Å²) in [5.41, 5.74) is 1.87. The SMILES string of the molecule is O=C(O)Cc1ccccc1CN1CCNC(=O)CC1. The molecule has 1 saturated heterocycles. The van der Waals surface area contributed by atoms with E-state index >= 15 is 0 Å². The first-order valence-corrected chi connectivity index (χ1v) is 6.43. The third-order valence-corrected chi connectivity index (χ3v) is 3.26. The largest absolute Gasteiger partial charge is 0.481 e. The lowest BCUT2D eigenvalue weighted by molar-refractivity contribution is -0.136. The molecule has 5 nitrogen and oxygen atoms in total. The molecule has 2 N–H and O–H groups in total. The molecule has 1 heterocycles. The lowest BCUT2D eigenvalue weighted by atomic mass is 10.0. The van der Waals surface area contributed by atoms with Gasteiger partial charge in [-0.15, -0.1) is 0 Å². The van der Waals surface area contributed by atoms with Gasteiger partial charge in [-0.2, -0.15) is 0 Å². The Balaban J connectivity index is 2.05. The van der Waals surface area contributed by atoms with Gasteiger partial charge in [0.15, 0.2) is 0 Å². The molecular weight excluding hydrogens is 244 g/mol. The zero-order chi connectivity index (χ0) is 13.7. The van der Waals surface area contributed by atoms with Crippen molar-refractivity contribution >= 4 is 11.9 Å². The summed E-state index contributed by atoms with van der Waals surface area (Å²) in [5.74, 6) is -0.735. The number of carboxylic acid groups (broad SMARTS) is 1. The summed E-state index contributed by atoms with van der Waals surface area (Å²) in [6, 6.07) is 7.58. The molecule has 0 aromatic heterocycles. The quantitative estimate of drug-likeness (QED) is 0.835. The molecule has 19 heavy (non-hydrogen) atoms. The van der Waals surface area contributed by atoms with Gasteiger partial charge in [0.2, 0.25) is 5.91 Å². The normalized spacial score (nSPS) is 16.7. The summed E-state index contributed by atoms with van der Waals surface area (Å²) >= 11 is 0. The van der Waals surface area contributed by atoms with Gasteiger partial charge in [-0.05, 0) is 11.1 Å². The molecule has 102 valence electrons. The predicted molar refractivity (Wildman–Crippen MR) is 70.7 cm³/mol. The van der Waals surface area contributed by atoms with E-state index in [1.54, 1.807) is 0 Å². The first-order chi connectivity index (χ1) is 9.15. The van der Waals surface area contributed by atoms with Crippen molar-refractivity contribution < 1.29 is 14.7 Å². The van der Waals surface area contributed by atoms with Crippen LogP contribution in [0.15, 0.2) is 24.3 Å². The van der Waals surface area contributed by atoms with Gasteiger partial charge in [-0.25, -0.2) is 0 Å². The van der Waals surface area contributed by atoms with Gasteiger partial charge in [0, 0.05) is 32.6 Å². The Morgan fingerprint density at radius 1 is 1.26 bits per heavy atom. The summed E-state index contributed by atoms with van der Waals surface area (Å²) in [5, 5.41) is 11.7. The maximum atomic E-state index is 11.3. The van der Waals surface area contributed by atoms with Crippen molar-refractivity contribution in [1.82, 2.24) is 10.2 Å². The fraction of sp³-hybridized carbons (Fsp3) is 0.429. The molecule has 0 unspecified atom stereocenters. The maximum Gasteiger partial charge on any atom is 0.307 e. The number of nitrogens with zero attached hydrogens (tertiary/aromatic N) is 1. The minimum atomic E-state index is -0.819. The molecule has 2 rings (SSSR count). The van der Waals surface area contributed by atoms with Gasteiger partial charge < -0.3 is 10.4 Å². The fourth-order valence-corrected chi connectivity index (χ4v) is 2.26. The molecule has 0 radical (unpaired) electrons. The Bertz CT molecular complexity index is 474. The smallest absolute Gasteiger partial charge is 0.307 e. The summed E-state index contributed by atoms with van der Waals surface area (Å²) in [6.45, 7) is 2.86. The molecule has 0 spiro atoms. The maximum absolute atomic E-state index is 11.3. The molecule has 1 aliphatic rings. The van der Waals surface area contributed by atoms with E-state index in [9.17, 15) is 9.59 Å². The van der Waals surface area contributed by atoms with Gasteiger partial charge in [-0.3, -0.25) is 14.5 Å². The highest BCUT2D eigenvalue weighted by atomic mass is 16.4. The second-order valence-electron chi connectivity index (χ2n) is 4.72. The molecule has 1 aliphatic heterocycles. The Morgan fingerprint density at radius 3 is 2.74 bits per heavy atom. The standard InChI is InChI=1S/C14H18N2O3/c17-13-5-7-16(8-6-15-13)10-12-4-2-1-3-11(12)9-14(18)19/h1-4H,5-10H2,(H,15,17)(H,18,19). The van der Waals surface area contributed by atoms with Crippen LogP contribution in [0, 0.1) is 0 Å². The van der Waals surface area contributed by atoms with E-state index in [1.165, 1.54) is 0 Å². The van der Waals surface area contributed by atoms with Crippen molar-refractivity contribution in [2.24, 2.45) is 0 Å². The second-order valence-corrected chi connectivity index (χ2v) is 4.72. The number of hydrogen-bond acceptors (Lipinski definition) is 3. The second kappa shape index (κ2) is 6.33. The number of amides is 1. The van der Waals surface area contributed by atoms with Crippen molar-refractivity contribution in [2.75, 3.05) is 19.6 Å². The van der Waals surface area contributed by atoms with Crippen LogP contribution in [-0.4, -0.2) is 41.5 Å². The first-order valence-electron chi connectivity index (χ1n) is 6.43. The average molecular weight is 262 g/mol. The molecule has 1 aromatic carbocycles. The zero-order valence-corrected chi connectivity index (χ0v) is 10.8. The third-order valence-electron chi connectivity index (χ3n) is 3.26. The highest BCUT2D eigenvalue weighted by Crippen LogP contribution is 2.13. The van der Waals surface area contributed by atoms with Gasteiger partial charge in [0.05, 0.1) is 6.42 Å². The van der Waals surface area contributed by atoms with Crippen LogP contribution in [0.2, 0.25) is 0 Å². The lowest BCUT2D eigenvalue weighted by Crippen LogP contribution is -2.28. The predicted octanol–water partition coefficient (Wildman–Crippen LogP) is 0.636. The van der Waals surface area contributed by atoms with E-state index < -0.39 is 5.97 Å². The van der Waals surface area contributed by atoms with Crippen LogP contribution >= 0.6 is 0 Å². The van der Waals surface area contributed by atoms with Crippen LogP contribution in [0.1, 0.15) is 17.5 Å². The van der Waals surface area contributed by atoms with Crippen molar-refractivity contribution in [3.05, 3.63) is 35.4 Å². The number of carboxylic acids is 1. The molecule has 0 atom stereocenters. The number of benzene rings is 1. The van der Waals surface area contributed by atoms with E-state index in [0.717, 1.165) is 17.7 Å². The molecule has 5 heteroatoms. The number of aliphatic carboxylic acids is 1. The summed E-state index contributed by atoms with van der Waals surface area (Å²) < 4.78 is 0. The van der Waals surface area contributed by atoms with Crippen molar-refractivity contribution in [3.8, 4) is 0 Å². The van der Waals surface area contributed by atoms with E-state index in [1.807, 2.05) is 24.3 Å². The van der Waals surface area contributed by atoms with Crippen LogP contribution in [0.4, 0.5) is 0 Å². The summed E-state index contributed by atoms with van der Waals surface area (Å²) in [6.07, 6.45) is 0.544.